The molecule has 37 heteroatoms. The Morgan fingerprint density at radius 1 is 0.581 bits per heavy atom. The molecule has 0 fully saturated rings. The number of aliphatic hydroxyl groups excluding tert-OH is 3. The molecule has 3 atom stereocenters. The molecule has 3 unspecified atom stereocenters. The fourth-order valence-corrected chi connectivity index (χ4v) is 9.34. The average Bonchev–Trinajstić information content (AvgIpc) is 3.25. The zero-order valence-corrected chi connectivity index (χ0v) is 42.5. The lowest BCUT2D eigenvalue weighted by Gasteiger charge is -2.25. The van der Waals surface area contributed by atoms with E-state index in [1.165, 1.54) is 25.7 Å². The number of azo groups is 2. The number of hydrogen-bond donors (Lipinski definition) is 12. The number of hydrogen-bond acceptors (Lipinski definition) is 27. The molecular weight excluding hydrogens is 1110 g/mol. The number of nitrogens with two attached hydrogens (primary N) is 1. The first-order chi connectivity index (χ1) is 34.3. The summed E-state index contributed by atoms with van der Waals surface area (Å²) >= 11 is 12.1. The number of aromatic hydroxyl groups is 1. The second-order valence-electron chi connectivity index (χ2n) is 15.5. The maximum Gasteiger partial charge on any atom is 0.296 e. The lowest BCUT2D eigenvalue weighted by Crippen LogP contribution is -2.37. The van der Waals surface area contributed by atoms with Crippen molar-refractivity contribution >= 4 is 138 Å². The van der Waals surface area contributed by atoms with Crippen molar-refractivity contribution in [2.24, 2.45) is 20.5 Å². The molecular formula is C37H39Cl2N15O16S4. The van der Waals surface area contributed by atoms with E-state index in [0.29, 0.717) is 12.1 Å². The van der Waals surface area contributed by atoms with Crippen molar-refractivity contribution in [3.05, 3.63) is 59.1 Å². The van der Waals surface area contributed by atoms with Crippen molar-refractivity contribution in [3.8, 4) is 5.75 Å². The van der Waals surface area contributed by atoms with Gasteiger partial charge >= 0.3 is 0 Å². The highest BCUT2D eigenvalue weighted by Gasteiger charge is 2.29. The van der Waals surface area contributed by atoms with Crippen LogP contribution in [0.3, 0.4) is 0 Å². The summed E-state index contributed by atoms with van der Waals surface area (Å²) in [6.07, 6.45) is -2.68. The van der Waals surface area contributed by atoms with E-state index < -0.39 is 123 Å². The van der Waals surface area contributed by atoms with Crippen LogP contribution in [0.4, 0.5) is 63.6 Å². The van der Waals surface area contributed by atoms with Gasteiger partial charge in [-0.25, -0.2) is 0 Å². The van der Waals surface area contributed by atoms with Gasteiger partial charge in [-0.2, -0.15) is 63.6 Å². The van der Waals surface area contributed by atoms with Gasteiger partial charge in [0, 0.05) is 31.0 Å². The number of fused-ring (bicyclic) bond motifs is 1. The number of aliphatic hydroxyl groups is 3. The van der Waals surface area contributed by atoms with Crippen molar-refractivity contribution in [1.29, 1.82) is 0 Å². The topological polar surface area (TPSA) is 491 Å². The highest BCUT2D eigenvalue weighted by atomic mass is 35.5. The molecule has 0 aliphatic heterocycles. The zero-order valence-electron chi connectivity index (χ0n) is 37.7. The second-order valence-corrected chi connectivity index (χ2v) is 21.8. The fourth-order valence-electron chi connectivity index (χ4n) is 6.49. The lowest BCUT2D eigenvalue weighted by atomic mass is 10.1. The molecule has 2 aromatic heterocycles. The van der Waals surface area contributed by atoms with Crippen LogP contribution >= 0.6 is 23.2 Å². The van der Waals surface area contributed by atoms with Crippen LogP contribution in [0.5, 0.6) is 5.75 Å². The molecule has 0 amide bonds. The van der Waals surface area contributed by atoms with Crippen molar-refractivity contribution in [2.45, 2.75) is 58.7 Å². The summed E-state index contributed by atoms with van der Waals surface area (Å²) < 4.78 is 142. The summed E-state index contributed by atoms with van der Waals surface area (Å²) in [7, 11) is -21.3. The number of nitrogen functional groups attached to an aromatic ring is 1. The first-order valence-corrected chi connectivity index (χ1v) is 26.8. The largest absolute Gasteiger partial charge is 0.505 e. The van der Waals surface area contributed by atoms with Gasteiger partial charge in [0.15, 0.2) is 5.75 Å². The van der Waals surface area contributed by atoms with E-state index in [2.05, 4.69) is 66.3 Å². The Morgan fingerprint density at radius 2 is 1.01 bits per heavy atom. The molecule has 0 spiro atoms. The van der Waals surface area contributed by atoms with E-state index in [9.17, 15) is 72.3 Å². The molecule has 13 N–H and O–H groups in total. The summed E-state index contributed by atoms with van der Waals surface area (Å²) in [5.74, 6) is -2.08. The van der Waals surface area contributed by atoms with Crippen LogP contribution < -0.4 is 26.6 Å². The quantitative estimate of drug-likeness (QED) is 0.0285. The molecule has 0 bridgehead atoms. The van der Waals surface area contributed by atoms with Crippen molar-refractivity contribution in [2.75, 3.05) is 46.2 Å². The fraction of sp³-hybridized carbons (Fsp3) is 0.243. The van der Waals surface area contributed by atoms with Gasteiger partial charge in [-0.1, -0.05) is 0 Å². The number of phenolic OH excluding ortho intramolecular Hbond substituents is 1. The monoisotopic (exact) mass is 1150 g/mol. The number of nitrogens with zero attached hydrogens (tertiary/aromatic N) is 11. The third-order valence-corrected chi connectivity index (χ3v) is 13.3. The molecule has 0 aliphatic carbocycles. The maximum atomic E-state index is 12.8. The molecule has 31 nitrogen and oxygen atoms in total. The summed E-state index contributed by atoms with van der Waals surface area (Å²) in [5, 5.41) is 62.1. The molecule has 0 saturated carbocycles. The van der Waals surface area contributed by atoms with Crippen molar-refractivity contribution < 1.29 is 72.3 Å². The van der Waals surface area contributed by atoms with E-state index in [-0.39, 0.29) is 65.4 Å². The third kappa shape index (κ3) is 14.1. The summed E-state index contributed by atoms with van der Waals surface area (Å²) in [6, 6.07) is 6.66. The smallest absolute Gasteiger partial charge is 0.296 e. The standard InChI is InChI=1S/C37H39Cl2N15O16S4/c1-15(55)12-41-34-44-32(38)45-35(48-34)42-19-4-6-23(71(59,60)61)21(10-19)50-52-29-25(73(65,66)67)8-18-9-26(74(68,69)70)30(31(58)27(18)28(29)40)53-51-22-11-20(5-7-24(22)72(62,63)64)43-36-46-33(39)47-37(49-36)54(13-16(2)56)14-17(3)57/h4-11,15-17,55-58H,12-14,40H2,1-3H3,(H,59,60,61)(H,62,63,64)(H,65,66,67)(H,68,69,70)(H,43,46,47,49)(H2,41,42,44,45,48). The maximum absolute atomic E-state index is 12.8. The molecule has 4 aromatic carbocycles. The van der Waals surface area contributed by atoms with E-state index in [1.807, 2.05) is 0 Å². The van der Waals surface area contributed by atoms with Crippen molar-refractivity contribution in [1.82, 2.24) is 29.9 Å². The highest BCUT2D eigenvalue weighted by Crippen LogP contribution is 2.49. The Hall–Kier alpha value is -6.74. The van der Waals surface area contributed by atoms with Crippen LogP contribution in [0, 0.1) is 0 Å². The van der Waals surface area contributed by atoms with Gasteiger partial charge in [-0.3, -0.25) is 18.2 Å². The molecule has 6 aromatic rings. The van der Waals surface area contributed by atoms with Gasteiger partial charge in [-0.05, 0) is 97.9 Å². The van der Waals surface area contributed by atoms with Gasteiger partial charge in [0.1, 0.15) is 42.3 Å². The molecule has 6 rings (SSSR count). The van der Waals surface area contributed by atoms with Crippen LogP contribution in [0.15, 0.2) is 88.6 Å². The Morgan fingerprint density at radius 3 is 1.47 bits per heavy atom. The Labute approximate surface area is 428 Å². The number of rotatable bonds is 20. The number of anilines is 7. The van der Waals surface area contributed by atoms with E-state index >= 15 is 0 Å². The predicted octanol–water partition coefficient (Wildman–Crippen LogP) is 4.47. The van der Waals surface area contributed by atoms with Crippen molar-refractivity contribution in [3.63, 3.8) is 0 Å². The Balaban J connectivity index is 1.48. The number of phenols is 1. The SMILES string of the molecule is CC(O)CNc1nc(Cl)nc(Nc2ccc(S(=O)(=O)O)c(N=Nc3c(S(=O)(=O)O)cc4cc(S(=O)(=O)O)c(N=Nc5cc(Nc6nc(Cl)nc(N(CC(C)O)CC(C)O)n6)ccc5S(=O)(=O)O)c(O)c4c3N)c2)n1. The zero-order chi connectivity index (χ0) is 54.8. The van der Waals surface area contributed by atoms with Crippen LogP contribution in [0.1, 0.15) is 20.8 Å². The minimum Gasteiger partial charge on any atom is -0.505 e. The Bertz CT molecular complexity index is 3700. The lowest BCUT2D eigenvalue weighted by molar-refractivity contribution is 0.177. The first-order valence-electron chi connectivity index (χ1n) is 20.3. The second kappa shape index (κ2) is 22.0. The van der Waals surface area contributed by atoms with E-state index in [0.717, 1.165) is 36.4 Å². The molecule has 396 valence electrons. The first kappa shape index (κ1) is 56.6. The van der Waals surface area contributed by atoms with Crippen LogP contribution in [0.2, 0.25) is 10.6 Å². The Kier molecular flexibility index (Phi) is 16.8. The third-order valence-electron chi connectivity index (χ3n) is 9.38. The average molecular weight is 1150 g/mol. The molecule has 74 heavy (non-hydrogen) atoms. The van der Waals surface area contributed by atoms with Crippen LogP contribution in [-0.2, 0) is 40.5 Å². The minimum atomic E-state index is -5.52. The van der Waals surface area contributed by atoms with Gasteiger partial charge < -0.3 is 47.0 Å². The minimum absolute atomic E-state index is 0.00453. The van der Waals surface area contributed by atoms with Gasteiger partial charge in [0.05, 0.1) is 29.4 Å². The van der Waals surface area contributed by atoms with Crippen LogP contribution in [-0.4, -0.2) is 140 Å². The van der Waals surface area contributed by atoms with E-state index in [4.69, 9.17) is 28.9 Å². The number of aromatic nitrogens is 6. The number of benzene rings is 4. The van der Waals surface area contributed by atoms with E-state index in [1.54, 1.807) is 0 Å². The number of nitrogens with one attached hydrogen (secondary N) is 3. The molecule has 0 radical (unpaired) electrons. The van der Waals surface area contributed by atoms with Gasteiger partial charge in [-0.15, -0.1) is 20.5 Å². The number of halogens is 2. The molecule has 2 heterocycles. The predicted molar refractivity (Wildman–Crippen MR) is 263 cm³/mol. The molecule has 0 aliphatic rings. The summed E-state index contributed by atoms with van der Waals surface area (Å²) in [5.41, 5.74) is 1.40. The molecule has 0 saturated heterocycles. The normalized spacial score (nSPS) is 13.8. The van der Waals surface area contributed by atoms with Gasteiger partial charge in [0.2, 0.25) is 34.4 Å². The summed E-state index contributed by atoms with van der Waals surface area (Å²) in [4.78, 5) is 20.9. The van der Waals surface area contributed by atoms with Gasteiger partial charge in [0.25, 0.3) is 40.5 Å². The summed E-state index contributed by atoms with van der Waals surface area (Å²) in [6.45, 7) is 4.26. The highest BCUT2D eigenvalue weighted by molar-refractivity contribution is 7.86. The van der Waals surface area contributed by atoms with Crippen LogP contribution in [0.25, 0.3) is 10.8 Å².